The maximum Gasteiger partial charge on any atom is 0.257 e. The second-order valence-electron chi connectivity index (χ2n) is 5.62. The van der Waals surface area contributed by atoms with E-state index in [-0.39, 0.29) is 17.7 Å². The Hall–Kier alpha value is -3.25. The van der Waals surface area contributed by atoms with Crippen LogP contribution in [0.15, 0.2) is 78.0 Å². The van der Waals surface area contributed by atoms with Crippen LogP contribution in [0.1, 0.15) is 15.9 Å². The SMILES string of the molecule is O=C(NC(=NCc1cccnc1)Nc1ccc(F)cc1)c1ccc(Cl)cc1. The third-order valence-corrected chi connectivity index (χ3v) is 3.84. The number of benzene rings is 2. The number of nitrogens with zero attached hydrogens (tertiary/aromatic N) is 2. The van der Waals surface area contributed by atoms with Gasteiger partial charge in [-0.1, -0.05) is 17.7 Å². The van der Waals surface area contributed by atoms with E-state index in [2.05, 4.69) is 20.6 Å². The number of aromatic nitrogens is 1. The highest BCUT2D eigenvalue weighted by atomic mass is 35.5. The minimum atomic E-state index is -0.348. The van der Waals surface area contributed by atoms with Crippen molar-refractivity contribution in [3.05, 3.63) is 95.0 Å². The van der Waals surface area contributed by atoms with Gasteiger partial charge in [0.25, 0.3) is 5.91 Å². The average Bonchev–Trinajstić information content (AvgIpc) is 2.69. The van der Waals surface area contributed by atoms with Crippen molar-refractivity contribution in [2.75, 3.05) is 5.32 Å². The van der Waals surface area contributed by atoms with E-state index in [1.165, 1.54) is 12.1 Å². The van der Waals surface area contributed by atoms with Crippen molar-refractivity contribution in [2.24, 2.45) is 4.99 Å². The first-order valence-corrected chi connectivity index (χ1v) is 8.51. The monoisotopic (exact) mass is 382 g/mol. The number of carbonyl (C=O) groups excluding carboxylic acids is 1. The summed E-state index contributed by atoms with van der Waals surface area (Å²) in [4.78, 5) is 20.9. The van der Waals surface area contributed by atoms with Crippen LogP contribution in [0.2, 0.25) is 5.02 Å². The minimum Gasteiger partial charge on any atom is -0.326 e. The predicted octanol–water partition coefficient (Wildman–Crippen LogP) is 4.27. The number of hydrogen-bond acceptors (Lipinski definition) is 3. The number of carbonyl (C=O) groups is 1. The van der Waals surface area contributed by atoms with Crippen LogP contribution >= 0.6 is 11.6 Å². The third-order valence-electron chi connectivity index (χ3n) is 3.59. The molecular weight excluding hydrogens is 367 g/mol. The van der Waals surface area contributed by atoms with E-state index in [4.69, 9.17) is 11.6 Å². The molecule has 0 fully saturated rings. The molecule has 27 heavy (non-hydrogen) atoms. The Morgan fingerprint density at radius 1 is 1.07 bits per heavy atom. The highest BCUT2D eigenvalue weighted by Crippen LogP contribution is 2.11. The average molecular weight is 383 g/mol. The fourth-order valence-electron chi connectivity index (χ4n) is 2.22. The second-order valence-corrected chi connectivity index (χ2v) is 6.06. The van der Waals surface area contributed by atoms with Crippen LogP contribution in [0, 0.1) is 5.82 Å². The first-order valence-electron chi connectivity index (χ1n) is 8.13. The van der Waals surface area contributed by atoms with Crippen LogP contribution in [0.25, 0.3) is 0 Å². The first-order chi connectivity index (χ1) is 13.1. The molecule has 0 aliphatic carbocycles. The van der Waals surface area contributed by atoms with E-state index >= 15 is 0 Å². The fraction of sp³-hybridized carbons (Fsp3) is 0.0500. The summed E-state index contributed by atoms with van der Waals surface area (Å²) in [5.74, 6) is -0.448. The summed E-state index contributed by atoms with van der Waals surface area (Å²) in [6.07, 6.45) is 3.37. The Morgan fingerprint density at radius 2 is 1.81 bits per heavy atom. The van der Waals surface area contributed by atoms with Crippen molar-refractivity contribution in [1.29, 1.82) is 0 Å². The zero-order valence-electron chi connectivity index (χ0n) is 14.2. The van der Waals surface area contributed by atoms with Gasteiger partial charge in [-0.2, -0.15) is 0 Å². The molecule has 2 aromatic carbocycles. The van der Waals surface area contributed by atoms with Gasteiger partial charge in [-0.05, 0) is 60.2 Å². The molecule has 0 aliphatic heterocycles. The largest absolute Gasteiger partial charge is 0.326 e. The highest BCUT2D eigenvalue weighted by molar-refractivity contribution is 6.30. The molecule has 3 aromatic rings. The summed E-state index contributed by atoms with van der Waals surface area (Å²) in [6.45, 7) is 0.318. The number of anilines is 1. The molecule has 5 nitrogen and oxygen atoms in total. The topological polar surface area (TPSA) is 66.4 Å². The number of nitrogens with one attached hydrogen (secondary N) is 2. The zero-order valence-corrected chi connectivity index (χ0v) is 14.9. The fourth-order valence-corrected chi connectivity index (χ4v) is 2.35. The molecule has 0 bridgehead atoms. The molecule has 0 atom stereocenters. The van der Waals surface area contributed by atoms with Crippen LogP contribution in [-0.2, 0) is 6.54 Å². The van der Waals surface area contributed by atoms with Gasteiger partial charge in [0.15, 0.2) is 0 Å². The van der Waals surface area contributed by atoms with Crippen molar-refractivity contribution >= 4 is 29.2 Å². The summed E-state index contributed by atoms with van der Waals surface area (Å²) >= 11 is 5.86. The van der Waals surface area contributed by atoms with E-state index in [1.54, 1.807) is 48.8 Å². The lowest BCUT2D eigenvalue weighted by atomic mass is 10.2. The molecule has 136 valence electrons. The van der Waals surface area contributed by atoms with Crippen LogP contribution < -0.4 is 10.6 Å². The second kappa shape index (κ2) is 8.91. The number of aliphatic imine (C=N–C) groups is 1. The molecule has 0 radical (unpaired) electrons. The molecule has 0 unspecified atom stereocenters. The smallest absolute Gasteiger partial charge is 0.257 e. The standard InChI is InChI=1S/C20H16ClFN4O/c21-16-5-3-15(4-6-16)19(27)26-20(24-13-14-2-1-11-23-12-14)25-18-9-7-17(22)8-10-18/h1-12H,13H2,(H2,24,25,26,27). The van der Waals surface area contributed by atoms with Crippen molar-refractivity contribution in [3.63, 3.8) is 0 Å². The maximum absolute atomic E-state index is 13.1. The first kappa shape index (κ1) is 18.5. The van der Waals surface area contributed by atoms with Crippen LogP contribution in [0.4, 0.5) is 10.1 Å². The molecule has 1 aromatic heterocycles. The van der Waals surface area contributed by atoms with Gasteiger partial charge in [0.2, 0.25) is 5.96 Å². The van der Waals surface area contributed by atoms with E-state index in [0.717, 1.165) is 5.56 Å². The van der Waals surface area contributed by atoms with Crippen LogP contribution in [-0.4, -0.2) is 16.9 Å². The van der Waals surface area contributed by atoms with E-state index in [9.17, 15) is 9.18 Å². The van der Waals surface area contributed by atoms with E-state index in [1.807, 2.05) is 12.1 Å². The van der Waals surface area contributed by atoms with E-state index < -0.39 is 0 Å². The third kappa shape index (κ3) is 5.62. The van der Waals surface area contributed by atoms with Crippen molar-refractivity contribution in [3.8, 4) is 0 Å². The summed E-state index contributed by atoms with van der Waals surface area (Å²) < 4.78 is 13.1. The summed E-state index contributed by atoms with van der Waals surface area (Å²) in [6, 6.07) is 16.0. The Kier molecular flexibility index (Phi) is 6.12. The lowest BCUT2D eigenvalue weighted by molar-refractivity contribution is 0.0977. The number of guanidine groups is 1. The van der Waals surface area contributed by atoms with E-state index in [0.29, 0.717) is 22.8 Å². The summed E-state index contributed by atoms with van der Waals surface area (Å²) in [7, 11) is 0. The van der Waals surface area contributed by atoms with Gasteiger partial charge >= 0.3 is 0 Å². The van der Waals surface area contributed by atoms with Crippen molar-refractivity contribution < 1.29 is 9.18 Å². The van der Waals surface area contributed by atoms with Gasteiger partial charge in [-0.25, -0.2) is 9.38 Å². The van der Waals surface area contributed by atoms with Crippen molar-refractivity contribution in [1.82, 2.24) is 10.3 Å². The zero-order chi connectivity index (χ0) is 19.1. The van der Waals surface area contributed by atoms with Gasteiger partial charge in [-0.15, -0.1) is 0 Å². The van der Waals surface area contributed by atoms with Crippen LogP contribution in [0.3, 0.4) is 0 Å². The lowest BCUT2D eigenvalue weighted by Gasteiger charge is -2.12. The van der Waals surface area contributed by atoms with Gasteiger partial charge in [-0.3, -0.25) is 15.1 Å². The molecule has 0 saturated carbocycles. The van der Waals surface area contributed by atoms with Gasteiger partial charge < -0.3 is 5.32 Å². The summed E-state index contributed by atoms with van der Waals surface area (Å²) in [5, 5.41) is 6.27. The molecular formula is C20H16ClFN4O. The number of hydrogen-bond donors (Lipinski definition) is 2. The molecule has 3 rings (SSSR count). The Morgan fingerprint density at radius 3 is 2.48 bits per heavy atom. The van der Waals surface area contributed by atoms with Crippen LogP contribution in [0.5, 0.6) is 0 Å². The quantitative estimate of drug-likeness (QED) is 0.523. The molecule has 0 saturated heterocycles. The Balaban J connectivity index is 1.78. The summed E-state index contributed by atoms with van der Waals surface area (Å²) in [5.41, 5.74) is 1.92. The van der Waals surface area contributed by atoms with Crippen molar-refractivity contribution in [2.45, 2.75) is 6.54 Å². The normalized spacial score (nSPS) is 11.1. The van der Waals surface area contributed by atoms with Gasteiger partial charge in [0.05, 0.1) is 6.54 Å². The highest BCUT2D eigenvalue weighted by Gasteiger charge is 2.09. The number of rotatable bonds is 4. The molecule has 1 amide bonds. The van der Waals surface area contributed by atoms with Gasteiger partial charge in [0, 0.05) is 28.7 Å². The number of amides is 1. The molecule has 0 aliphatic rings. The predicted molar refractivity (Wildman–Crippen MR) is 104 cm³/mol. The molecule has 1 heterocycles. The minimum absolute atomic E-state index is 0.241. The lowest BCUT2D eigenvalue weighted by Crippen LogP contribution is -2.36. The molecule has 0 spiro atoms. The Bertz CT molecular complexity index is 928. The molecule has 2 N–H and O–H groups in total. The number of halogens is 2. The Labute approximate surface area is 160 Å². The molecule has 7 heteroatoms. The maximum atomic E-state index is 13.1. The van der Waals surface area contributed by atoms with Gasteiger partial charge in [0.1, 0.15) is 5.82 Å². The number of pyridine rings is 1.